The van der Waals surface area contributed by atoms with Crippen LogP contribution in [0.3, 0.4) is 0 Å². The molecule has 2 aromatic rings. The van der Waals surface area contributed by atoms with Gasteiger partial charge in [0.05, 0.1) is 42.1 Å². The van der Waals surface area contributed by atoms with E-state index >= 15 is 0 Å². The van der Waals surface area contributed by atoms with Gasteiger partial charge >= 0.3 is 7.12 Å². The number of nitrogens with zero attached hydrogens (tertiary/aromatic N) is 2. The summed E-state index contributed by atoms with van der Waals surface area (Å²) in [7, 11) is -1.01. The van der Waals surface area contributed by atoms with Crippen LogP contribution in [0.2, 0.25) is 0 Å². The fourth-order valence-corrected chi connectivity index (χ4v) is 3.84. The van der Waals surface area contributed by atoms with Gasteiger partial charge in [0, 0.05) is 4.88 Å². The van der Waals surface area contributed by atoms with Gasteiger partial charge in [-0.1, -0.05) is 6.07 Å². The van der Waals surface area contributed by atoms with Crippen LogP contribution >= 0.6 is 11.3 Å². The number of thiophene rings is 1. The first-order valence-corrected chi connectivity index (χ1v) is 9.56. The number of aromatic nitrogens is 2. The predicted molar refractivity (Wildman–Crippen MR) is 99.2 cm³/mol. The van der Waals surface area contributed by atoms with Crippen LogP contribution in [0.5, 0.6) is 0 Å². The molecular formula is C18H22BFN2O3S. The van der Waals surface area contributed by atoms with Gasteiger partial charge in [-0.05, 0) is 45.2 Å². The fourth-order valence-electron chi connectivity index (χ4n) is 3.07. The van der Waals surface area contributed by atoms with Crippen molar-refractivity contribution in [1.82, 2.24) is 9.55 Å². The van der Waals surface area contributed by atoms with Crippen molar-refractivity contribution in [2.75, 3.05) is 0 Å². The molecule has 2 aliphatic heterocycles. The Morgan fingerprint density at radius 2 is 2.08 bits per heavy atom. The van der Waals surface area contributed by atoms with E-state index in [1.165, 1.54) is 11.0 Å². The minimum atomic E-state index is -1.01. The van der Waals surface area contributed by atoms with E-state index in [9.17, 15) is 4.39 Å². The Labute approximate surface area is 156 Å². The minimum Gasteiger partial charge on any atom is -0.398 e. The first-order chi connectivity index (χ1) is 12.3. The van der Waals surface area contributed by atoms with E-state index in [2.05, 4.69) is 11.1 Å². The third kappa shape index (κ3) is 3.05. The molecule has 0 saturated carbocycles. The van der Waals surface area contributed by atoms with Crippen LogP contribution in [0, 0.1) is 0 Å². The highest BCUT2D eigenvalue weighted by atomic mass is 32.1. The molecule has 0 aromatic carbocycles. The number of imidazole rings is 1. The molecule has 0 radical (unpaired) electrons. The third-order valence-electron chi connectivity index (χ3n) is 5.38. The van der Waals surface area contributed by atoms with Crippen molar-refractivity contribution in [2.24, 2.45) is 0 Å². The third-order valence-corrected chi connectivity index (χ3v) is 6.34. The topological polar surface area (TPSA) is 45.5 Å². The van der Waals surface area contributed by atoms with Gasteiger partial charge in [0.1, 0.15) is 11.8 Å². The van der Waals surface area contributed by atoms with Gasteiger partial charge < -0.3 is 18.6 Å². The van der Waals surface area contributed by atoms with E-state index in [4.69, 9.17) is 14.0 Å². The average molecular weight is 376 g/mol. The zero-order chi connectivity index (χ0) is 18.5. The molecule has 2 aromatic heterocycles. The molecule has 0 amide bonds. The Morgan fingerprint density at radius 3 is 2.73 bits per heavy atom. The summed E-state index contributed by atoms with van der Waals surface area (Å²) >= 11 is 1.67. The second kappa shape index (κ2) is 6.30. The molecule has 138 valence electrons. The van der Waals surface area contributed by atoms with Gasteiger partial charge in [-0.25, -0.2) is 9.37 Å². The minimum absolute atomic E-state index is 0.0153. The molecule has 4 rings (SSSR count). The first kappa shape index (κ1) is 17.9. The van der Waals surface area contributed by atoms with E-state index in [1.54, 1.807) is 17.7 Å². The number of fused-ring (bicyclic) bond motifs is 1. The smallest absolute Gasteiger partial charge is 0.398 e. The lowest BCUT2D eigenvalue weighted by Gasteiger charge is -2.32. The molecule has 0 spiro atoms. The van der Waals surface area contributed by atoms with Crippen LogP contribution in [0.4, 0.5) is 4.39 Å². The van der Waals surface area contributed by atoms with Gasteiger partial charge in [-0.3, -0.25) is 0 Å². The van der Waals surface area contributed by atoms with E-state index < -0.39 is 24.0 Å². The molecule has 5 nitrogen and oxygen atoms in total. The van der Waals surface area contributed by atoms with E-state index in [1.807, 2.05) is 43.7 Å². The molecule has 26 heavy (non-hydrogen) atoms. The highest BCUT2D eigenvalue weighted by Crippen LogP contribution is 2.39. The van der Waals surface area contributed by atoms with Crippen LogP contribution in [-0.2, 0) is 27.2 Å². The zero-order valence-electron chi connectivity index (χ0n) is 15.4. The molecule has 0 bridgehead atoms. The highest BCUT2D eigenvalue weighted by molar-refractivity contribution is 7.10. The number of rotatable bonds is 3. The van der Waals surface area contributed by atoms with E-state index in [0.29, 0.717) is 18.8 Å². The maximum Gasteiger partial charge on any atom is 0.525 e. The molecular weight excluding hydrogens is 354 g/mol. The van der Waals surface area contributed by atoms with Gasteiger partial charge in [0.15, 0.2) is 0 Å². The van der Waals surface area contributed by atoms with Crippen molar-refractivity contribution in [3.8, 4) is 0 Å². The molecule has 2 aliphatic rings. The molecule has 1 atom stereocenters. The molecule has 1 fully saturated rings. The Hall–Kier alpha value is -1.48. The maximum absolute atomic E-state index is 14.8. The van der Waals surface area contributed by atoms with Crippen LogP contribution in [-0.4, -0.2) is 27.9 Å². The summed E-state index contributed by atoms with van der Waals surface area (Å²) in [6, 6.07) is 4.08. The molecule has 1 unspecified atom stereocenters. The predicted octanol–water partition coefficient (Wildman–Crippen LogP) is 4.16. The normalized spacial score (nSPS) is 24.7. The standard InChI is InChI=1S/C18H22BFN2O3S/c1-17(2)18(3,4)25-19(24-17)16(20)8-12-13-10-23-14(9-22(13)11-21-12)15-6-5-7-26-15/h5-8,11,14H,9-10H2,1-4H3. The van der Waals surface area contributed by atoms with Crippen molar-refractivity contribution < 1.29 is 18.4 Å². The Morgan fingerprint density at radius 1 is 1.35 bits per heavy atom. The highest BCUT2D eigenvalue weighted by Gasteiger charge is 2.53. The van der Waals surface area contributed by atoms with E-state index in [0.717, 1.165) is 5.69 Å². The summed E-state index contributed by atoms with van der Waals surface area (Å²) in [5.41, 5.74) is -0.210. The van der Waals surface area contributed by atoms with Crippen molar-refractivity contribution in [3.05, 3.63) is 45.8 Å². The number of hydrogen-bond acceptors (Lipinski definition) is 5. The van der Waals surface area contributed by atoms with Crippen molar-refractivity contribution in [2.45, 2.75) is 58.2 Å². The second-order valence-electron chi connectivity index (χ2n) is 7.66. The van der Waals surface area contributed by atoms with Crippen molar-refractivity contribution in [1.29, 1.82) is 0 Å². The van der Waals surface area contributed by atoms with Crippen LogP contribution in [0.15, 0.2) is 29.6 Å². The second-order valence-corrected chi connectivity index (χ2v) is 8.64. The van der Waals surface area contributed by atoms with Gasteiger partial charge in [-0.2, -0.15) is 0 Å². The average Bonchev–Trinajstić information content (AvgIpc) is 3.27. The fraction of sp³-hybridized carbons (Fsp3) is 0.500. The summed E-state index contributed by atoms with van der Waals surface area (Å²) in [5, 5.41) is 2.04. The molecule has 0 aliphatic carbocycles. The lowest BCUT2D eigenvalue weighted by molar-refractivity contribution is 0.00516. The Bertz CT molecular complexity index is 816. The van der Waals surface area contributed by atoms with Crippen LogP contribution in [0.25, 0.3) is 6.08 Å². The largest absolute Gasteiger partial charge is 0.525 e. The summed E-state index contributed by atoms with van der Waals surface area (Å²) in [5.74, 6) is 0. The lowest BCUT2D eigenvalue weighted by Crippen LogP contribution is -2.41. The number of ether oxygens (including phenoxy) is 1. The first-order valence-electron chi connectivity index (χ1n) is 8.68. The molecule has 4 heterocycles. The number of hydrogen-bond donors (Lipinski definition) is 0. The molecule has 8 heteroatoms. The quantitative estimate of drug-likeness (QED) is 0.755. The zero-order valence-corrected chi connectivity index (χ0v) is 16.2. The summed E-state index contributed by atoms with van der Waals surface area (Å²) in [4.78, 5) is 5.54. The van der Waals surface area contributed by atoms with E-state index in [-0.39, 0.29) is 6.10 Å². The summed E-state index contributed by atoms with van der Waals surface area (Å²) < 4.78 is 34.2. The van der Waals surface area contributed by atoms with Crippen LogP contribution in [0.1, 0.15) is 50.1 Å². The molecule has 0 N–H and O–H groups in total. The van der Waals surface area contributed by atoms with Gasteiger partial charge in [-0.15, -0.1) is 11.3 Å². The Kier molecular flexibility index (Phi) is 4.34. The lowest BCUT2D eigenvalue weighted by atomic mass is 9.87. The van der Waals surface area contributed by atoms with Crippen molar-refractivity contribution in [3.63, 3.8) is 0 Å². The maximum atomic E-state index is 14.8. The number of halogens is 1. The summed E-state index contributed by atoms with van der Waals surface area (Å²) in [6.45, 7) is 8.67. The molecule has 1 saturated heterocycles. The van der Waals surface area contributed by atoms with Crippen LogP contribution < -0.4 is 0 Å². The Balaban J connectivity index is 1.53. The van der Waals surface area contributed by atoms with Crippen molar-refractivity contribution >= 4 is 24.5 Å². The monoisotopic (exact) mass is 376 g/mol. The summed E-state index contributed by atoms with van der Waals surface area (Å²) in [6.07, 6.45) is 3.14. The van der Waals surface area contributed by atoms with Gasteiger partial charge in [0.2, 0.25) is 0 Å². The van der Waals surface area contributed by atoms with Gasteiger partial charge in [0.25, 0.3) is 0 Å². The SMILES string of the molecule is CC1(C)OB(C(F)=Cc2ncn3c2COC(c2cccs2)C3)OC1(C)C.